The van der Waals surface area contributed by atoms with Crippen molar-refractivity contribution in [2.45, 2.75) is 64.7 Å². The van der Waals surface area contributed by atoms with Crippen molar-refractivity contribution >= 4 is 0 Å². The van der Waals surface area contributed by atoms with Gasteiger partial charge in [-0.05, 0) is 65.7 Å². The van der Waals surface area contributed by atoms with Crippen LogP contribution in [0, 0.1) is 29.6 Å². The molecule has 3 unspecified atom stereocenters. The molecule has 2 nitrogen and oxygen atoms in total. The maximum atomic E-state index is 9.72. The number of nitrogens with zero attached hydrogens (tertiary/aromatic N) is 1. The molecule has 1 fully saturated rings. The van der Waals surface area contributed by atoms with Gasteiger partial charge in [-0.25, -0.2) is 0 Å². The molecule has 22 heavy (non-hydrogen) atoms. The molecular weight excluding hydrogens is 270 g/mol. The minimum Gasteiger partial charge on any atom is -0.496 e. The van der Waals surface area contributed by atoms with Gasteiger partial charge in [0.25, 0.3) is 0 Å². The second kappa shape index (κ2) is 5.01. The Morgan fingerprint density at radius 3 is 2.59 bits per heavy atom. The van der Waals surface area contributed by atoms with Crippen molar-refractivity contribution < 1.29 is 4.74 Å². The van der Waals surface area contributed by atoms with Gasteiger partial charge in [0.05, 0.1) is 19.1 Å². The van der Waals surface area contributed by atoms with Gasteiger partial charge in [0.15, 0.2) is 0 Å². The predicted octanol–water partition coefficient (Wildman–Crippen LogP) is 5.10. The van der Waals surface area contributed by atoms with Crippen LogP contribution >= 0.6 is 0 Å². The maximum Gasteiger partial charge on any atom is 0.122 e. The number of aryl methyl sites for hydroxylation is 1. The quantitative estimate of drug-likeness (QED) is 0.722. The highest BCUT2D eigenvalue weighted by atomic mass is 16.5. The molecule has 0 heterocycles. The molecule has 2 heteroatoms. The molecule has 2 aliphatic rings. The van der Waals surface area contributed by atoms with E-state index in [-0.39, 0.29) is 11.3 Å². The van der Waals surface area contributed by atoms with Crippen molar-refractivity contribution in [3.8, 4) is 11.8 Å². The van der Waals surface area contributed by atoms with Gasteiger partial charge in [-0.15, -0.1) is 0 Å². The lowest BCUT2D eigenvalue weighted by atomic mass is 9.49. The fourth-order valence-corrected chi connectivity index (χ4v) is 5.22. The molecule has 0 spiro atoms. The lowest BCUT2D eigenvalue weighted by Gasteiger charge is -2.55. The summed E-state index contributed by atoms with van der Waals surface area (Å²) >= 11 is 0. The molecule has 0 aromatic heterocycles. The summed E-state index contributed by atoms with van der Waals surface area (Å²) in [4.78, 5) is 0. The van der Waals surface area contributed by atoms with Crippen LogP contribution in [0.4, 0.5) is 0 Å². The van der Waals surface area contributed by atoms with Crippen molar-refractivity contribution in [2.24, 2.45) is 11.3 Å². The number of hydrogen-bond acceptors (Lipinski definition) is 2. The standard InChI is InChI=1S/C20H27NO/c1-13-9-15-14(12-21)10-18-19(2,3)7-6-8-20(18,4)16(15)11-17(13)22-5/h9,11,14,18H,6-8,10H2,1-5H3. The van der Waals surface area contributed by atoms with Crippen LogP contribution in [0.5, 0.6) is 5.75 Å². The molecule has 1 aromatic rings. The SMILES string of the molecule is COc1cc2c(cc1C)C(C#N)CC1C(C)(C)CCCC21C. The molecule has 2 aliphatic carbocycles. The van der Waals surface area contributed by atoms with E-state index in [2.05, 4.69) is 45.9 Å². The average Bonchev–Trinajstić information content (AvgIpc) is 2.46. The van der Waals surface area contributed by atoms with Crippen molar-refractivity contribution in [3.05, 3.63) is 28.8 Å². The van der Waals surface area contributed by atoms with Crippen molar-refractivity contribution in [1.29, 1.82) is 5.26 Å². The van der Waals surface area contributed by atoms with Gasteiger partial charge >= 0.3 is 0 Å². The number of ether oxygens (including phenoxy) is 1. The molecule has 0 amide bonds. The molecule has 118 valence electrons. The lowest BCUT2D eigenvalue weighted by Crippen LogP contribution is -2.48. The molecular formula is C20H27NO. The van der Waals surface area contributed by atoms with Gasteiger partial charge in [0.1, 0.15) is 5.75 Å². The Hall–Kier alpha value is -1.49. The number of rotatable bonds is 1. The molecule has 0 N–H and O–H groups in total. The Labute approximate surface area is 134 Å². The first-order valence-electron chi connectivity index (χ1n) is 8.42. The Morgan fingerprint density at radius 1 is 1.23 bits per heavy atom. The van der Waals surface area contributed by atoms with E-state index in [1.165, 1.54) is 30.4 Å². The second-order valence-corrected chi connectivity index (χ2v) is 8.14. The van der Waals surface area contributed by atoms with Crippen LogP contribution in [-0.2, 0) is 5.41 Å². The highest BCUT2D eigenvalue weighted by Gasteiger charge is 2.52. The summed E-state index contributed by atoms with van der Waals surface area (Å²) in [5, 5.41) is 9.72. The van der Waals surface area contributed by atoms with Crippen LogP contribution in [0.25, 0.3) is 0 Å². The molecule has 0 radical (unpaired) electrons. The monoisotopic (exact) mass is 297 g/mol. The van der Waals surface area contributed by atoms with Crippen molar-refractivity contribution in [1.82, 2.24) is 0 Å². The van der Waals surface area contributed by atoms with E-state index in [0.717, 1.165) is 17.7 Å². The second-order valence-electron chi connectivity index (χ2n) is 8.14. The number of hydrogen-bond donors (Lipinski definition) is 0. The van der Waals surface area contributed by atoms with Crippen LogP contribution in [0.15, 0.2) is 12.1 Å². The van der Waals surface area contributed by atoms with E-state index >= 15 is 0 Å². The zero-order valence-electron chi connectivity index (χ0n) is 14.5. The molecule has 3 atom stereocenters. The van der Waals surface area contributed by atoms with Crippen molar-refractivity contribution in [3.63, 3.8) is 0 Å². The third kappa shape index (κ3) is 2.06. The number of nitriles is 1. The van der Waals surface area contributed by atoms with E-state index in [0.29, 0.717) is 11.3 Å². The van der Waals surface area contributed by atoms with Gasteiger partial charge < -0.3 is 4.74 Å². The predicted molar refractivity (Wildman–Crippen MR) is 89.2 cm³/mol. The molecule has 3 rings (SSSR count). The fraction of sp³-hybridized carbons (Fsp3) is 0.650. The zero-order valence-corrected chi connectivity index (χ0v) is 14.5. The van der Waals surface area contributed by atoms with Gasteiger partial charge in [0.2, 0.25) is 0 Å². The normalized spacial score (nSPS) is 32.5. The maximum absolute atomic E-state index is 9.72. The van der Waals surface area contributed by atoms with E-state index < -0.39 is 0 Å². The van der Waals surface area contributed by atoms with E-state index in [1.54, 1.807) is 7.11 Å². The smallest absolute Gasteiger partial charge is 0.122 e. The molecule has 0 saturated heterocycles. The highest BCUT2D eigenvalue weighted by molar-refractivity contribution is 5.51. The van der Waals surface area contributed by atoms with Crippen molar-refractivity contribution in [2.75, 3.05) is 7.11 Å². The Balaban J connectivity index is 2.23. The summed E-state index contributed by atoms with van der Waals surface area (Å²) in [6.45, 7) is 9.27. The van der Waals surface area contributed by atoms with E-state index in [9.17, 15) is 5.26 Å². The zero-order chi connectivity index (χ0) is 16.1. The fourth-order valence-electron chi connectivity index (χ4n) is 5.22. The third-order valence-electron chi connectivity index (χ3n) is 6.41. The minimum absolute atomic E-state index is 0.0232. The third-order valence-corrected chi connectivity index (χ3v) is 6.41. The summed E-state index contributed by atoms with van der Waals surface area (Å²) in [6, 6.07) is 7.00. The van der Waals surface area contributed by atoms with Crippen LogP contribution < -0.4 is 4.74 Å². The van der Waals surface area contributed by atoms with Crippen LogP contribution in [0.3, 0.4) is 0 Å². The summed E-state index contributed by atoms with van der Waals surface area (Å²) in [7, 11) is 1.74. The van der Waals surface area contributed by atoms with Gasteiger partial charge in [-0.3, -0.25) is 0 Å². The highest BCUT2D eigenvalue weighted by Crippen LogP contribution is 2.59. The first kappa shape index (κ1) is 15.4. The Kier molecular flexibility index (Phi) is 3.51. The molecule has 1 aromatic carbocycles. The number of benzene rings is 1. The largest absolute Gasteiger partial charge is 0.496 e. The first-order valence-corrected chi connectivity index (χ1v) is 8.42. The number of fused-ring (bicyclic) bond motifs is 3. The Bertz CT molecular complexity index is 640. The lowest BCUT2D eigenvalue weighted by molar-refractivity contribution is 0.0371. The summed E-state index contributed by atoms with van der Waals surface area (Å²) in [6.07, 6.45) is 4.76. The van der Waals surface area contributed by atoms with E-state index in [1.807, 2.05) is 0 Å². The van der Waals surface area contributed by atoms with Gasteiger partial charge in [-0.1, -0.05) is 33.3 Å². The first-order chi connectivity index (χ1) is 10.3. The molecule has 0 aliphatic heterocycles. The van der Waals surface area contributed by atoms with Crippen LogP contribution in [0.1, 0.15) is 69.1 Å². The Morgan fingerprint density at radius 2 is 1.95 bits per heavy atom. The topological polar surface area (TPSA) is 33.0 Å². The average molecular weight is 297 g/mol. The van der Waals surface area contributed by atoms with Gasteiger partial charge in [0, 0.05) is 0 Å². The van der Waals surface area contributed by atoms with Crippen LogP contribution in [-0.4, -0.2) is 7.11 Å². The minimum atomic E-state index is 0.0232. The van der Waals surface area contributed by atoms with Gasteiger partial charge in [-0.2, -0.15) is 5.26 Å². The summed E-state index contributed by atoms with van der Waals surface area (Å²) in [5.74, 6) is 1.55. The molecule has 1 saturated carbocycles. The molecule has 0 bridgehead atoms. The van der Waals surface area contributed by atoms with Crippen LogP contribution in [0.2, 0.25) is 0 Å². The number of methoxy groups -OCH3 is 1. The summed E-state index contributed by atoms with van der Waals surface area (Å²) in [5.41, 5.74) is 4.23. The van der Waals surface area contributed by atoms with E-state index in [4.69, 9.17) is 4.74 Å². The summed E-state index contributed by atoms with van der Waals surface area (Å²) < 4.78 is 5.57.